The van der Waals surface area contributed by atoms with E-state index in [0.29, 0.717) is 24.4 Å². The Labute approximate surface area is 109 Å². The van der Waals surface area contributed by atoms with Crippen molar-refractivity contribution >= 4 is 29.9 Å². The first kappa shape index (κ1) is 12.7. The Morgan fingerprint density at radius 1 is 1.56 bits per heavy atom. The van der Waals surface area contributed by atoms with Crippen molar-refractivity contribution in [1.82, 2.24) is 0 Å². The minimum absolute atomic E-state index is 0.0841. The normalized spacial score (nSPS) is 19.1. The maximum absolute atomic E-state index is 11.7. The number of nitro benzene ring substituents is 1. The van der Waals surface area contributed by atoms with Crippen LogP contribution in [0.5, 0.6) is 5.75 Å². The first-order valence-corrected chi connectivity index (χ1v) is 5.85. The number of carbonyl (C=O) groups is 1. The van der Waals surface area contributed by atoms with Crippen LogP contribution < -0.4 is 9.64 Å². The standard InChI is InChI=1S/C11H12N2O4S/c1-17-7-2-3-9(10(4-7)13(15)16)12-6-8(18)5-11(12)14/h2-4,8,18H,5-6H2,1H3. The van der Waals surface area contributed by atoms with E-state index >= 15 is 0 Å². The lowest BCUT2D eigenvalue weighted by molar-refractivity contribution is -0.384. The van der Waals surface area contributed by atoms with Crippen molar-refractivity contribution in [2.45, 2.75) is 11.7 Å². The minimum Gasteiger partial charge on any atom is -0.496 e. The fourth-order valence-electron chi connectivity index (χ4n) is 1.93. The van der Waals surface area contributed by atoms with Gasteiger partial charge in [-0.25, -0.2) is 0 Å². The second-order valence-electron chi connectivity index (χ2n) is 3.97. The Balaban J connectivity index is 2.44. The predicted molar refractivity (Wildman–Crippen MR) is 69.4 cm³/mol. The second-order valence-corrected chi connectivity index (χ2v) is 4.70. The van der Waals surface area contributed by atoms with Gasteiger partial charge >= 0.3 is 0 Å². The summed E-state index contributed by atoms with van der Waals surface area (Å²) < 4.78 is 4.95. The lowest BCUT2D eigenvalue weighted by Gasteiger charge is -2.16. The fourth-order valence-corrected chi connectivity index (χ4v) is 2.25. The van der Waals surface area contributed by atoms with E-state index in [1.54, 1.807) is 6.07 Å². The molecule has 2 rings (SSSR count). The average molecular weight is 268 g/mol. The van der Waals surface area contributed by atoms with E-state index in [1.165, 1.54) is 24.1 Å². The quantitative estimate of drug-likeness (QED) is 0.514. The number of ether oxygens (including phenoxy) is 1. The van der Waals surface area contributed by atoms with Crippen LogP contribution in [0.1, 0.15) is 6.42 Å². The molecule has 7 heteroatoms. The number of hydrogen-bond acceptors (Lipinski definition) is 5. The van der Waals surface area contributed by atoms with Gasteiger partial charge in [-0.1, -0.05) is 0 Å². The highest BCUT2D eigenvalue weighted by atomic mass is 32.1. The zero-order chi connectivity index (χ0) is 13.3. The summed E-state index contributed by atoms with van der Waals surface area (Å²) in [6.45, 7) is 0.384. The van der Waals surface area contributed by atoms with Crippen molar-refractivity contribution in [1.29, 1.82) is 0 Å². The molecule has 1 amide bonds. The van der Waals surface area contributed by atoms with E-state index in [-0.39, 0.29) is 16.8 Å². The highest BCUT2D eigenvalue weighted by Gasteiger charge is 2.32. The van der Waals surface area contributed by atoms with E-state index in [4.69, 9.17) is 4.74 Å². The molecule has 0 radical (unpaired) electrons. The molecule has 1 aromatic carbocycles. The molecule has 1 aliphatic heterocycles. The van der Waals surface area contributed by atoms with E-state index < -0.39 is 4.92 Å². The number of hydrogen-bond donors (Lipinski definition) is 1. The fraction of sp³-hybridized carbons (Fsp3) is 0.364. The van der Waals surface area contributed by atoms with Gasteiger partial charge in [0, 0.05) is 18.2 Å². The predicted octanol–water partition coefficient (Wildman–Crippen LogP) is 1.64. The minimum atomic E-state index is -0.517. The number of nitro groups is 1. The van der Waals surface area contributed by atoms with Gasteiger partial charge in [0.2, 0.25) is 5.91 Å². The summed E-state index contributed by atoms with van der Waals surface area (Å²) in [4.78, 5) is 23.6. The molecule has 0 bridgehead atoms. The molecule has 6 nitrogen and oxygen atoms in total. The molecule has 1 aliphatic rings. The monoisotopic (exact) mass is 268 g/mol. The number of amides is 1. The molecular formula is C11H12N2O4S. The third kappa shape index (κ3) is 2.26. The van der Waals surface area contributed by atoms with Crippen LogP contribution in [0.15, 0.2) is 18.2 Å². The smallest absolute Gasteiger partial charge is 0.296 e. The number of nitrogens with zero attached hydrogens (tertiary/aromatic N) is 2. The molecule has 0 aromatic heterocycles. The van der Waals surface area contributed by atoms with Crippen molar-refractivity contribution in [2.75, 3.05) is 18.6 Å². The Hall–Kier alpha value is -1.76. The van der Waals surface area contributed by atoms with E-state index in [0.717, 1.165) is 0 Å². The van der Waals surface area contributed by atoms with Crippen molar-refractivity contribution in [3.05, 3.63) is 28.3 Å². The number of thiol groups is 1. The highest BCUT2D eigenvalue weighted by Crippen LogP contribution is 2.35. The van der Waals surface area contributed by atoms with Gasteiger partial charge in [0.15, 0.2) is 0 Å². The van der Waals surface area contributed by atoms with E-state index in [9.17, 15) is 14.9 Å². The Kier molecular flexibility index (Phi) is 3.42. The van der Waals surface area contributed by atoms with Gasteiger partial charge in [-0.3, -0.25) is 14.9 Å². The molecule has 1 atom stereocenters. The molecule has 0 saturated carbocycles. The maximum Gasteiger partial charge on any atom is 0.296 e. The van der Waals surface area contributed by atoms with Gasteiger partial charge in [-0.2, -0.15) is 12.6 Å². The zero-order valence-corrected chi connectivity index (χ0v) is 10.6. The van der Waals surface area contributed by atoms with Gasteiger partial charge in [-0.15, -0.1) is 0 Å². The summed E-state index contributed by atoms with van der Waals surface area (Å²) in [5.74, 6) is 0.239. The molecule has 1 heterocycles. The maximum atomic E-state index is 11.7. The van der Waals surface area contributed by atoms with Gasteiger partial charge in [-0.05, 0) is 12.1 Å². The van der Waals surface area contributed by atoms with Crippen molar-refractivity contribution in [3.63, 3.8) is 0 Å². The van der Waals surface area contributed by atoms with Crippen LogP contribution in [-0.4, -0.2) is 29.7 Å². The van der Waals surface area contributed by atoms with Gasteiger partial charge < -0.3 is 9.64 Å². The van der Waals surface area contributed by atoms with Crippen molar-refractivity contribution in [2.24, 2.45) is 0 Å². The SMILES string of the molecule is COc1ccc(N2CC(S)CC2=O)c([N+](=O)[O-])c1. The van der Waals surface area contributed by atoms with Gasteiger partial charge in [0.25, 0.3) is 5.69 Å². The van der Waals surface area contributed by atoms with Crippen LogP contribution in [0, 0.1) is 10.1 Å². The van der Waals surface area contributed by atoms with Crippen LogP contribution in [0.25, 0.3) is 0 Å². The molecule has 18 heavy (non-hydrogen) atoms. The largest absolute Gasteiger partial charge is 0.496 e. The highest BCUT2D eigenvalue weighted by molar-refractivity contribution is 7.81. The van der Waals surface area contributed by atoms with Gasteiger partial charge in [0.1, 0.15) is 11.4 Å². The van der Waals surface area contributed by atoms with Crippen LogP contribution >= 0.6 is 12.6 Å². The number of benzene rings is 1. The number of methoxy groups -OCH3 is 1. The summed E-state index contributed by atoms with van der Waals surface area (Å²) >= 11 is 4.23. The summed E-state index contributed by atoms with van der Waals surface area (Å²) in [5, 5.41) is 10.9. The van der Waals surface area contributed by atoms with Crippen LogP contribution in [0.3, 0.4) is 0 Å². The Morgan fingerprint density at radius 3 is 2.78 bits per heavy atom. The molecule has 0 spiro atoms. The first-order chi connectivity index (χ1) is 8.52. The Morgan fingerprint density at radius 2 is 2.28 bits per heavy atom. The summed E-state index contributed by atoms with van der Waals surface area (Å²) in [6.07, 6.45) is 0.298. The molecule has 0 N–H and O–H groups in total. The number of rotatable bonds is 3. The van der Waals surface area contributed by atoms with Crippen LogP contribution in [0.2, 0.25) is 0 Å². The molecular weight excluding hydrogens is 256 g/mol. The first-order valence-electron chi connectivity index (χ1n) is 5.33. The molecule has 0 aliphatic carbocycles. The number of anilines is 1. The van der Waals surface area contributed by atoms with E-state index in [2.05, 4.69) is 12.6 Å². The molecule has 96 valence electrons. The second kappa shape index (κ2) is 4.85. The average Bonchev–Trinajstić information content (AvgIpc) is 2.67. The lowest BCUT2D eigenvalue weighted by atomic mass is 10.2. The summed E-state index contributed by atoms with van der Waals surface area (Å²) in [7, 11) is 1.43. The third-order valence-corrected chi connectivity index (χ3v) is 3.12. The van der Waals surface area contributed by atoms with Crippen LogP contribution in [0.4, 0.5) is 11.4 Å². The lowest BCUT2D eigenvalue weighted by Crippen LogP contribution is -2.25. The third-order valence-electron chi connectivity index (χ3n) is 2.77. The van der Waals surface area contributed by atoms with Crippen molar-refractivity contribution in [3.8, 4) is 5.75 Å². The Bertz CT molecular complexity index is 506. The van der Waals surface area contributed by atoms with Gasteiger partial charge in [0.05, 0.1) is 18.1 Å². The molecule has 1 unspecified atom stereocenters. The molecule has 1 saturated heterocycles. The summed E-state index contributed by atoms with van der Waals surface area (Å²) in [6, 6.07) is 4.44. The topological polar surface area (TPSA) is 72.7 Å². The van der Waals surface area contributed by atoms with Crippen LogP contribution in [-0.2, 0) is 4.79 Å². The van der Waals surface area contributed by atoms with Crippen molar-refractivity contribution < 1.29 is 14.5 Å². The zero-order valence-electron chi connectivity index (χ0n) is 9.70. The molecule has 1 fully saturated rings. The molecule has 1 aromatic rings. The van der Waals surface area contributed by atoms with E-state index in [1.807, 2.05) is 0 Å². The summed E-state index contributed by atoms with van der Waals surface area (Å²) in [5.41, 5.74) is 0.160. The number of carbonyl (C=O) groups excluding carboxylic acids is 1.